The van der Waals surface area contributed by atoms with Crippen molar-refractivity contribution in [2.24, 2.45) is 9.98 Å². The minimum absolute atomic E-state index is 0.0614. The summed E-state index contributed by atoms with van der Waals surface area (Å²) in [6.45, 7) is 7.45. The molecule has 0 heterocycles. The predicted octanol–water partition coefficient (Wildman–Crippen LogP) is 5.75. The standard InChI is InChI=1S/C19H21ClFN3/c1-5-11-23-14(3)15(4)24-12-13(2)17-9-8-16(7-6-10-22)19(21)18(17)20/h5,8-9,11-12H,6-7H2,1-4H3/b11-5-,13-12+,23-14-,24-15+. The molecule has 0 bridgehead atoms. The maximum atomic E-state index is 14.3. The van der Waals surface area contributed by atoms with E-state index in [1.165, 1.54) is 0 Å². The van der Waals surface area contributed by atoms with Crippen molar-refractivity contribution in [2.75, 3.05) is 0 Å². The highest BCUT2D eigenvalue weighted by Gasteiger charge is 2.12. The van der Waals surface area contributed by atoms with Gasteiger partial charge in [-0.25, -0.2) is 4.39 Å². The van der Waals surface area contributed by atoms with E-state index in [9.17, 15) is 4.39 Å². The first kappa shape index (κ1) is 19.8. The van der Waals surface area contributed by atoms with Crippen molar-refractivity contribution in [2.45, 2.75) is 40.5 Å². The Hall–Kier alpha value is -2.25. The van der Waals surface area contributed by atoms with Crippen LogP contribution in [-0.2, 0) is 6.42 Å². The van der Waals surface area contributed by atoms with Crippen LogP contribution in [0.3, 0.4) is 0 Å². The number of halogens is 2. The van der Waals surface area contributed by atoms with Gasteiger partial charge in [0.1, 0.15) is 5.82 Å². The summed E-state index contributed by atoms with van der Waals surface area (Å²) in [5.41, 5.74) is 3.38. The van der Waals surface area contributed by atoms with Gasteiger partial charge in [-0.2, -0.15) is 5.26 Å². The number of nitriles is 1. The summed E-state index contributed by atoms with van der Waals surface area (Å²) < 4.78 is 14.3. The van der Waals surface area contributed by atoms with E-state index in [1.54, 1.807) is 24.5 Å². The van der Waals surface area contributed by atoms with Crippen LogP contribution >= 0.6 is 11.6 Å². The molecule has 126 valence electrons. The van der Waals surface area contributed by atoms with Gasteiger partial charge in [-0.05, 0) is 45.3 Å². The average molecular weight is 346 g/mol. The maximum absolute atomic E-state index is 14.3. The smallest absolute Gasteiger partial charge is 0.145 e. The Balaban J connectivity index is 3.09. The van der Waals surface area contributed by atoms with Crippen molar-refractivity contribution in [3.63, 3.8) is 0 Å². The predicted molar refractivity (Wildman–Crippen MR) is 100 cm³/mol. The number of aryl methyl sites for hydroxylation is 1. The van der Waals surface area contributed by atoms with Gasteiger partial charge in [0.2, 0.25) is 0 Å². The Labute approximate surface area is 147 Å². The van der Waals surface area contributed by atoms with Crippen LogP contribution in [0.2, 0.25) is 5.02 Å². The van der Waals surface area contributed by atoms with Crippen LogP contribution in [0.4, 0.5) is 4.39 Å². The molecular formula is C19H21ClFN3. The van der Waals surface area contributed by atoms with Crippen LogP contribution < -0.4 is 0 Å². The lowest BCUT2D eigenvalue weighted by molar-refractivity contribution is 0.610. The second-order valence-electron chi connectivity index (χ2n) is 5.28. The minimum atomic E-state index is -0.469. The summed E-state index contributed by atoms with van der Waals surface area (Å²) in [6.07, 6.45) is 5.81. The van der Waals surface area contributed by atoms with Gasteiger partial charge in [-0.15, -0.1) is 0 Å². The van der Waals surface area contributed by atoms with Gasteiger partial charge in [-0.1, -0.05) is 29.8 Å². The monoisotopic (exact) mass is 345 g/mol. The Morgan fingerprint density at radius 1 is 1.25 bits per heavy atom. The highest BCUT2D eigenvalue weighted by atomic mass is 35.5. The molecular weight excluding hydrogens is 325 g/mol. The summed E-state index contributed by atoms with van der Waals surface area (Å²) in [4.78, 5) is 8.59. The van der Waals surface area contributed by atoms with E-state index >= 15 is 0 Å². The molecule has 0 aliphatic heterocycles. The van der Waals surface area contributed by atoms with Crippen LogP contribution in [0, 0.1) is 17.1 Å². The first-order valence-electron chi connectivity index (χ1n) is 7.63. The molecule has 3 nitrogen and oxygen atoms in total. The fraction of sp³-hybridized carbons (Fsp3) is 0.316. The Bertz CT molecular complexity index is 753. The van der Waals surface area contributed by atoms with Gasteiger partial charge in [0.05, 0.1) is 22.5 Å². The van der Waals surface area contributed by atoms with Crippen molar-refractivity contribution in [1.29, 1.82) is 5.26 Å². The summed E-state index contributed by atoms with van der Waals surface area (Å²) >= 11 is 6.14. The number of allylic oxidation sites excluding steroid dienone is 2. The van der Waals surface area contributed by atoms with E-state index in [-0.39, 0.29) is 11.4 Å². The molecule has 0 radical (unpaired) electrons. The lowest BCUT2D eigenvalue weighted by Crippen LogP contribution is -2.04. The van der Waals surface area contributed by atoms with E-state index < -0.39 is 5.82 Å². The Morgan fingerprint density at radius 3 is 2.54 bits per heavy atom. The molecule has 0 unspecified atom stereocenters. The van der Waals surface area contributed by atoms with E-state index in [1.807, 2.05) is 39.8 Å². The molecule has 0 atom stereocenters. The van der Waals surface area contributed by atoms with Crippen LogP contribution in [-0.4, -0.2) is 11.4 Å². The highest BCUT2D eigenvalue weighted by molar-refractivity contribution is 6.41. The van der Waals surface area contributed by atoms with Crippen molar-refractivity contribution in [3.05, 3.63) is 52.6 Å². The molecule has 1 aromatic rings. The second kappa shape index (κ2) is 9.79. The van der Waals surface area contributed by atoms with Crippen molar-refractivity contribution in [1.82, 2.24) is 0 Å². The molecule has 0 amide bonds. The second-order valence-corrected chi connectivity index (χ2v) is 5.66. The van der Waals surface area contributed by atoms with Crippen molar-refractivity contribution < 1.29 is 4.39 Å². The topological polar surface area (TPSA) is 48.5 Å². The van der Waals surface area contributed by atoms with Crippen LogP contribution in [0.15, 0.2) is 40.6 Å². The molecule has 5 heteroatoms. The van der Waals surface area contributed by atoms with Crippen LogP contribution in [0.1, 0.15) is 45.2 Å². The van der Waals surface area contributed by atoms with Gasteiger partial charge >= 0.3 is 0 Å². The summed E-state index contributed by atoms with van der Waals surface area (Å²) in [5.74, 6) is -0.469. The van der Waals surface area contributed by atoms with Gasteiger partial charge in [0.15, 0.2) is 0 Å². The number of nitrogens with zero attached hydrogens (tertiary/aromatic N) is 3. The Kier molecular flexibility index (Phi) is 8.08. The first-order chi connectivity index (χ1) is 11.4. The third kappa shape index (κ3) is 5.43. The largest absolute Gasteiger partial charge is 0.260 e. The average Bonchev–Trinajstić information content (AvgIpc) is 2.58. The number of rotatable bonds is 6. The van der Waals surface area contributed by atoms with E-state index in [0.717, 1.165) is 17.0 Å². The molecule has 0 saturated heterocycles. The van der Waals surface area contributed by atoms with Gasteiger partial charge in [-0.3, -0.25) is 9.98 Å². The molecule has 0 spiro atoms. The fourth-order valence-electron chi connectivity index (χ4n) is 1.91. The summed E-state index contributed by atoms with van der Waals surface area (Å²) in [6, 6.07) is 5.43. The normalized spacial score (nSPS) is 13.5. The molecule has 1 rings (SSSR count). The zero-order valence-electron chi connectivity index (χ0n) is 14.4. The molecule has 0 N–H and O–H groups in total. The summed E-state index contributed by atoms with van der Waals surface area (Å²) in [5, 5.41) is 8.67. The van der Waals surface area contributed by atoms with Crippen LogP contribution in [0.25, 0.3) is 5.57 Å². The third-order valence-corrected chi connectivity index (χ3v) is 3.86. The van der Waals surface area contributed by atoms with Gasteiger partial charge in [0, 0.05) is 24.4 Å². The molecule has 24 heavy (non-hydrogen) atoms. The zero-order valence-corrected chi connectivity index (χ0v) is 15.2. The molecule has 0 saturated carbocycles. The molecule has 0 aliphatic carbocycles. The molecule has 0 fully saturated rings. The Morgan fingerprint density at radius 2 is 1.92 bits per heavy atom. The number of benzene rings is 1. The van der Waals surface area contributed by atoms with E-state index in [4.69, 9.17) is 16.9 Å². The fourth-order valence-corrected chi connectivity index (χ4v) is 2.25. The minimum Gasteiger partial charge on any atom is -0.260 e. The third-order valence-electron chi connectivity index (χ3n) is 3.49. The SMILES string of the molecule is C\C=C/N=C(C)\C(C)=N\C=C(/C)c1ccc(CCC#N)c(F)c1Cl. The van der Waals surface area contributed by atoms with E-state index in [0.29, 0.717) is 17.5 Å². The number of hydrogen-bond acceptors (Lipinski definition) is 3. The van der Waals surface area contributed by atoms with Crippen LogP contribution in [0.5, 0.6) is 0 Å². The van der Waals surface area contributed by atoms with Crippen molar-refractivity contribution >= 4 is 28.6 Å². The van der Waals surface area contributed by atoms with Gasteiger partial charge < -0.3 is 0 Å². The van der Waals surface area contributed by atoms with Gasteiger partial charge in [0.25, 0.3) is 0 Å². The zero-order chi connectivity index (χ0) is 18.1. The lowest BCUT2D eigenvalue weighted by Gasteiger charge is -2.09. The summed E-state index contributed by atoms with van der Waals surface area (Å²) in [7, 11) is 0. The lowest BCUT2D eigenvalue weighted by atomic mass is 10.0. The highest BCUT2D eigenvalue weighted by Crippen LogP contribution is 2.29. The maximum Gasteiger partial charge on any atom is 0.145 e. The number of aliphatic imine (C=N–C) groups is 2. The molecule has 0 aliphatic rings. The molecule has 0 aromatic heterocycles. The quantitative estimate of drug-likeness (QED) is 0.605. The van der Waals surface area contributed by atoms with Crippen molar-refractivity contribution in [3.8, 4) is 6.07 Å². The number of hydrogen-bond donors (Lipinski definition) is 0. The first-order valence-corrected chi connectivity index (χ1v) is 8.01. The van der Waals surface area contributed by atoms with E-state index in [2.05, 4.69) is 9.98 Å². The molecule has 1 aromatic carbocycles.